The summed E-state index contributed by atoms with van der Waals surface area (Å²) in [5, 5.41) is 3.39. The van der Waals surface area contributed by atoms with Crippen LogP contribution in [0, 0.1) is 26.7 Å². The Morgan fingerprint density at radius 1 is 0.952 bits per heavy atom. The van der Waals surface area contributed by atoms with Gasteiger partial charge in [0.05, 0.1) is 26.2 Å². The van der Waals surface area contributed by atoms with Gasteiger partial charge in [-0.15, -0.1) is 0 Å². The number of likely N-dealkylation sites (tertiary alicyclic amines) is 1. The lowest BCUT2D eigenvalue weighted by Gasteiger charge is -2.29. The van der Waals surface area contributed by atoms with Crippen molar-refractivity contribution in [3.63, 3.8) is 0 Å². The lowest BCUT2D eigenvalue weighted by molar-refractivity contribution is -0.137. The number of aryl methyl sites for hydroxylation is 1. The first-order chi connectivity index (χ1) is 20.3. The van der Waals surface area contributed by atoms with Crippen molar-refractivity contribution in [1.82, 2.24) is 10.2 Å². The average molecular weight is 573 g/mol. The number of carbonyl (C=O) groups excluding carboxylic acids is 1. The molecule has 5 rings (SSSR count). The number of hydrogen-bond donors (Lipinski definition) is 1. The quantitative estimate of drug-likeness (QED) is 0.283. The summed E-state index contributed by atoms with van der Waals surface area (Å²) >= 11 is 0. The van der Waals surface area contributed by atoms with Gasteiger partial charge >= 0.3 is 5.97 Å². The van der Waals surface area contributed by atoms with Gasteiger partial charge in [-0.05, 0) is 92.7 Å². The molecule has 2 aliphatic heterocycles. The average Bonchev–Trinajstić information content (AvgIpc) is 3.40. The number of cyclic esters (lactones) is 1. The molecule has 42 heavy (non-hydrogen) atoms. The molecule has 2 atom stereocenters. The van der Waals surface area contributed by atoms with E-state index in [9.17, 15) is 4.79 Å². The molecular formula is C35H44N2O5. The second-order valence-electron chi connectivity index (χ2n) is 11.8. The molecule has 2 aliphatic rings. The van der Waals surface area contributed by atoms with E-state index in [1.54, 1.807) is 7.11 Å². The fourth-order valence-corrected chi connectivity index (χ4v) is 6.08. The molecule has 0 spiro atoms. The molecule has 2 fully saturated rings. The molecule has 0 aliphatic carbocycles. The Labute approximate surface area is 250 Å². The van der Waals surface area contributed by atoms with Gasteiger partial charge in [-0.2, -0.15) is 0 Å². The van der Waals surface area contributed by atoms with Gasteiger partial charge in [0, 0.05) is 30.6 Å². The number of nitrogens with one attached hydrogen (secondary N) is 1. The van der Waals surface area contributed by atoms with Crippen LogP contribution in [0.5, 0.6) is 17.2 Å². The monoisotopic (exact) mass is 572 g/mol. The molecule has 0 radical (unpaired) electrons. The van der Waals surface area contributed by atoms with Crippen molar-refractivity contribution in [2.75, 3.05) is 40.5 Å². The summed E-state index contributed by atoms with van der Waals surface area (Å²) in [4.78, 5) is 13.8. The number of rotatable bonds is 11. The lowest BCUT2D eigenvalue weighted by Crippen LogP contribution is -2.34. The third kappa shape index (κ3) is 7.08. The highest BCUT2D eigenvalue weighted by Crippen LogP contribution is 2.35. The summed E-state index contributed by atoms with van der Waals surface area (Å²) < 4.78 is 23.5. The van der Waals surface area contributed by atoms with Crippen molar-refractivity contribution in [1.29, 1.82) is 0 Å². The summed E-state index contributed by atoms with van der Waals surface area (Å²) in [6.07, 6.45) is 2.87. The van der Waals surface area contributed by atoms with E-state index in [1.807, 2.05) is 13.0 Å². The molecule has 2 heterocycles. The molecule has 1 unspecified atom stereocenters. The van der Waals surface area contributed by atoms with Gasteiger partial charge in [-0.3, -0.25) is 4.79 Å². The summed E-state index contributed by atoms with van der Waals surface area (Å²) in [5.41, 5.74) is 7.95. The maximum absolute atomic E-state index is 11.4. The second kappa shape index (κ2) is 13.6. The number of ether oxygens (including phenoxy) is 4. The smallest absolute Gasteiger partial charge is 0.307 e. The molecule has 3 aromatic rings. The van der Waals surface area contributed by atoms with Crippen molar-refractivity contribution in [3.8, 4) is 28.4 Å². The van der Waals surface area contributed by atoms with E-state index in [-0.39, 0.29) is 12.0 Å². The number of benzene rings is 3. The van der Waals surface area contributed by atoms with E-state index in [0.717, 1.165) is 47.1 Å². The standard InChI is InChI=1S/C35H44N2O5/c1-23-15-28(18-36-29-16-35(38)42-22-29)34(39-5)17-33(23)41-21-27-10-6-11-30(24(27)2)31-12-7-13-32(25(31)3)40-20-26-9-8-14-37(4)19-26/h6-7,10-13,15,17,26,29,36H,8-9,14,16,18-22H2,1-5H3/t26?,29-/m1/s1. The van der Waals surface area contributed by atoms with Gasteiger partial charge in [-0.25, -0.2) is 0 Å². The molecule has 224 valence electrons. The summed E-state index contributed by atoms with van der Waals surface area (Å²) in [6, 6.07) is 16.8. The minimum absolute atomic E-state index is 0.0310. The largest absolute Gasteiger partial charge is 0.496 e. The van der Waals surface area contributed by atoms with Gasteiger partial charge in [0.2, 0.25) is 0 Å². The fourth-order valence-electron chi connectivity index (χ4n) is 6.08. The lowest BCUT2D eigenvalue weighted by atomic mass is 9.93. The Kier molecular flexibility index (Phi) is 9.70. The number of hydrogen-bond acceptors (Lipinski definition) is 7. The summed E-state index contributed by atoms with van der Waals surface area (Å²) in [6.45, 7) is 10.9. The van der Waals surface area contributed by atoms with Gasteiger partial charge in [0.25, 0.3) is 0 Å². The number of carbonyl (C=O) groups is 1. The SMILES string of the molecule is COc1cc(OCc2cccc(-c3cccc(OCC4CCCN(C)C4)c3C)c2C)c(C)cc1CN[C@H]1COC(=O)C1. The normalized spacial score (nSPS) is 19.0. The molecule has 2 saturated heterocycles. The first-order valence-corrected chi connectivity index (χ1v) is 15.0. The molecule has 0 saturated carbocycles. The Bertz CT molecular complexity index is 1400. The molecule has 7 heteroatoms. The van der Waals surface area contributed by atoms with Crippen LogP contribution in [-0.2, 0) is 22.7 Å². The van der Waals surface area contributed by atoms with Crippen LogP contribution in [0.1, 0.15) is 47.1 Å². The zero-order chi connectivity index (χ0) is 29.6. The number of esters is 1. The van der Waals surface area contributed by atoms with Crippen molar-refractivity contribution in [2.45, 2.75) is 59.2 Å². The van der Waals surface area contributed by atoms with Crippen LogP contribution in [0.2, 0.25) is 0 Å². The van der Waals surface area contributed by atoms with Gasteiger partial charge in [0.15, 0.2) is 0 Å². The van der Waals surface area contributed by atoms with Crippen LogP contribution in [0.25, 0.3) is 11.1 Å². The van der Waals surface area contributed by atoms with E-state index < -0.39 is 0 Å². The van der Waals surface area contributed by atoms with Crippen LogP contribution in [-0.4, -0.2) is 57.4 Å². The molecule has 0 aromatic heterocycles. The van der Waals surface area contributed by atoms with Crippen molar-refractivity contribution in [3.05, 3.63) is 76.3 Å². The van der Waals surface area contributed by atoms with E-state index in [4.69, 9.17) is 18.9 Å². The molecule has 7 nitrogen and oxygen atoms in total. The first kappa shape index (κ1) is 29.9. The first-order valence-electron chi connectivity index (χ1n) is 15.0. The van der Waals surface area contributed by atoms with Crippen molar-refractivity contribution < 1.29 is 23.7 Å². The van der Waals surface area contributed by atoms with E-state index in [2.05, 4.69) is 73.6 Å². The molecular weight excluding hydrogens is 528 g/mol. The van der Waals surface area contributed by atoms with Gasteiger partial charge in [0.1, 0.15) is 30.5 Å². The predicted molar refractivity (Wildman–Crippen MR) is 165 cm³/mol. The Hall–Kier alpha value is -3.55. The Morgan fingerprint density at radius 3 is 2.48 bits per heavy atom. The van der Waals surface area contributed by atoms with E-state index in [0.29, 0.717) is 32.1 Å². The van der Waals surface area contributed by atoms with Crippen LogP contribution in [0.15, 0.2) is 48.5 Å². The minimum Gasteiger partial charge on any atom is -0.496 e. The zero-order valence-electron chi connectivity index (χ0n) is 25.6. The molecule has 0 amide bonds. The number of piperidine rings is 1. The third-order valence-electron chi connectivity index (χ3n) is 8.62. The van der Waals surface area contributed by atoms with Crippen LogP contribution >= 0.6 is 0 Å². The predicted octanol–water partition coefficient (Wildman–Crippen LogP) is 5.99. The summed E-state index contributed by atoms with van der Waals surface area (Å²) in [7, 11) is 3.86. The van der Waals surface area contributed by atoms with Gasteiger partial charge < -0.3 is 29.2 Å². The highest BCUT2D eigenvalue weighted by atomic mass is 16.5. The Balaban J connectivity index is 1.27. The fraction of sp³-hybridized carbons (Fsp3) is 0.457. The van der Waals surface area contributed by atoms with Crippen LogP contribution in [0.3, 0.4) is 0 Å². The van der Waals surface area contributed by atoms with Crippen molar-refractivity contribution >= 4 is 5.97 Å². The number of nitrogens with zero attached hydrogens (tertiary/aromatic N) is 1. The maximum atomic E-state index is 11.4. The topological polar surface area (TPSA) is 69.3 Å². The van der Waals surface area contributed by atoms with E-state index >= 15 is 0 Å². The van der Waals surface area contributed by atoms with E-state index in [1.165, 1.54) is 41.6 Å². The number of methoxy groups -OCH3 is 1. The third-order valence-corrected chi connectivity index (χ3v) is 8.62. The zero-order valence-corrected chi connectivity index (χ0v) is 25.6. The minimum atomic E-state index is -0.155. The second-order valence-corrected chi connectivity index (χ2v) is 11.8. The van der Waals surface area contributed by atoms with Gasteiger partial charge in [-0.1, -0.05) is 30.3 Å². The van der Waals surface area contributed by atoms with Crippen LogP contribution < -0.4 is 19.5 Å². The maximum Gasteiger partial charge on any atom is 0.307 e. The Morgan fingerprint density at radius 2 is 1.74 bits per heavy atom. The molecule has 0 bridgehead atoms. The molecule has 3 aromatic carbocycles. The highest BCUT2D eigenvalue weighted by molar-refractivity contribution is 5.73. The van der Waals surface area contributed by atoms with Crippen molar-refractivity contribution in [2.24, 2.45) is 5.92 Å². The highest BCUT2D eigenvalue weighted by Gasteiger charge is 2.24. The van der Waals surface area contributed by atoms with Crippen LogP contribution in [0.4, 0.5) is 0 Å². The summed E-state index contributed by atoms with van der Waals surface area (Å²) in [5.74, 6) is 2.93. The molecule has 1 N–H and O–H groups in total.